The van der Waals surface area contributed by atoms with E-state index in [-0.39, 0.29) is 0 Å². The Morgan fingerprint density at radius 3 is 2.85 bits per heavy atom. The molecule has 0 saturated carbocycles. The van der Waals surface area contributed by atoms with Gasteiger partial charge in [-0.1, -0.05) is 17.7 Å². The summed E-state index contributed by atoms with van der Waals surface area (Å²) in [5.74, 6) is -0.442. The third-order valence-electron chi connectivity index (χ3n) is 4.24. The van der Waals surface area contributed by atoms with Crippen LogP contribution in [-0.2, 0) is 18.8 Å². The molecule has 6 atom stereocenters. The topological polar surface area (TPSA) is 121 Å². The van der Waals surface area contributed by atoms with E-state index in [1.165, 1.54) is 13.1 Å². The second kappa shape index (κ2) is 7.51. The molecule has 1 aromatic carbocycles. The van der Waals surface area contributed by atoms with Crippen molar-refractivity contribution in [3.8, 4) is 0 Å². The summed E-state index contributed by atoms with van der Waals surface area (Å²) in [6.45, 7) is 0.729. The molecule has 4 N–H and O–H groups in total. The van der Waals surface area contributed by atoms with E-state index in [4.69, 9.17) is 21.1 Å². The second-order valence-corrected chi connectivity index (χ2v) is 7.67. The van der Waals surface area contributed by atoms with Gasteiger partial charge in [-0.05, 0) is 28.1 Å². The van der Waals surface area contributed by atoms with Crippen LogP contribution in [0.5, 0.6) is 0 Å². The molecular formula is C16H18BrClN2O6. The van der Waals surface area contributed by atoms with Crippen molar-refractivity contribution in [3.05, 3.63) is 28.8 Å². The van der Waals surface area contributed by atoms with E-state index in [1.54, 1.807) is 18.2 Å². The summed E-state index contributed by atoms with van der Waals surface area (Å²) >= 11 is 9.72. The normalized spacial score (nSPS) is 36.0. The van der Waals surface area contributed by atoms with Gasteiger partial charge >= 0.3 is 0 Å². The number of fused-ring (bicyclic) bond motifs is 1. The van der Waals surface area contributed by atoms with Crippen molar-refractivity contribution >= 4 is 45.3 Å². The van der Waals surface area contributed by atoms with Gasteiger partial charge in [0.25, 0.3) is 0 Å². The maximum atomic E-state index is 11.5. The number of carbonyl (C=O) groups excluding carboxylic acids is 1. The number of benzene rings is 1. The average Bonchev–Trinajstić information content (AvgIpc) is 2.92. The third-order valence-corrected chi connectivity index (χ3v) is 5.34. The highest BCUT2D eigenvalue weighted by Gasteiger charge is 2.49. The number of aliphatic imine (C=N–C) groups is 1. The van der Waals surface area contributed by atoms with E-state index in [9.17, 15) is 20.1 Å². The van der Waals surface area contributed by atoms with Gasteiger partial charge in [0.15, 0.2) is 10.8 Å². The van der Waals surface area contributed by atoms with Crippen molar-refractivity contribution in [3.63, 3.8) is 0 Å². The zero-order chi connectivity index (χ0) is 19.1. The Morgan fingerprint density at radius 1 is 1.46 bits per heavy atom. The first kappa shape index (κ1) is 19.7. The Labute approximate surface area is 162 Å². The first-order chi connectivity index (χ1) is 12.3. The van der Waals surface area contributed by atoms with Crippen molar-refractivity contribution in [1.82, 2.24) is 5.32 Å². The molecule has 1 saturated heterocycles. The van der Waals surface area contributed by atoms with Crippen LogP contribution in [0.1, 0.15) is 12.5 Å². The minimum Gasteiger partial charge on any atom is -0.394 e. The molecule has 26 heavy (non-hydrogen) atoms. The van der Waals surface area contributed by atoms with E-state index in [2.05, 4.69) is 26.2 Å². The maximum Gasteiger partial charge on any atom is 0.217 e. The number of aliphatic hydroxyl groups is 3. The van der Waals surface area contributed by atoms with Gasteiger partial charge in [-0.3, -0.25) is 9.79 Å². The number of nitrogens with one attached hydrogen (secondary N) is 1. The fraction of sp³-hybridized carbons (Fsp3) is 0.500. The van der Waals surface area contributed by atoms with Gasteiger partial charge in [0.05, 0.1) is 23.5 Å². The molecule has 10 heteroatoms. The highest BCUT2D eigenvalue weighted by atomic mass is 79.9. The predicted molar refractivity (Wildman–Crippen MR) is 96.7 cm³/mol. The van der Waals surface area contributed by atoms with Crippen molar-refractivity contribution in [1.29, 1.82) is 0 Å². The van der Waals surface area contributed by atoms with E-state index in [1.807, 2.05) is 0 Å². The second-order valence-electron chi connectivity index (χ2n) is 6.09. The van der Waals surface area contributed by atoms with Gasteiger partial charge in [-0.2, -0.15) is 0 Å². The fourth-order valence-electron chi connectivity index (χ4n) is 3.00. The lowest BCUT2D eigenvalue weighted by molar-refractivity contribution is -0.279. The van der Waals surface area contributed by atoms with Crippen LogP contribution >= 0.6 is 27.5 Å². The number of amides is 1. The quantitative estimate of drug-likeness (QED) is 0.499. The lowest BCUT2D eigenvalue weighted by atomic mass is 9.96. The van der Waals surface area contributed by atoms with Crippen LogP contribution in [0.3, 0.4) is 0 Å². The number of ether oxygens (including phenoxy) is 2. The van der Waals surface area contributed by atoms with Crippen LogP contribution in [0.2, 0.25) is 5.02 Å². The van der Waals surface area contributed by atoms with E-state index in [0.29, 0.717) is 16.3 Å². The van der Waals surface area contributed by atoms with Crippen molar-refractivity contribution < 1.29 is 29.6 Å². The van der Waals surface area contributed by atoms with Crippen molar-refractivity contribution in [2.24, 2.45) is 4.99 Å². The molecule has 2 heterocycles. The number of alkyl halides is 1. The number of hydrogen-bond donors (Lipinski definition) is 4. The Kier molecular flexibility index (Phi) is 5.69. The molecule has 1 aromatic rings. The third kappa shape index (κ3) is 3.53. The monoisotopic (exact) mass is 448 g/mol. The first-order valence-electron chi connectivity index (χ1n) is 7.87. The smallest absolute Gasteiger partial charge is 0.217 e. The molecule has 8 nitrogen and oxygen atoms in total. The van der Waals surface area contributed by atoms with E-state index < -0.39 is 47.7 Å². The van der Waals surface area contributed by atoms with Crippen LogP contribution < -0.4 is 5.32 Å². The molecule has 2 aliphatic heterocycles. The summed E-state index contributed by atoms with van der Waals surface area (Å²) < 4.78 is 10.3. The Morgan fingerprint density at radius 2 is 2.19 bits per heavy atom. The number of aliphatic hydroxyl groups excluding tert-OH is 3. The molecule has 2 unspecified atom stereocenters. The first-order valence-corrected chi connectivity index (χ1v) is 9.04. The number of nitrogens with zero attached hydrogens (tertiary/aromatic N) is 1. The SMILES string of the molecule is CC(=O)N[C@H]1C(OC2(Br)C=Nc3cccc(Cl)c32)O[C@H](CO)[C@H](O)[C@@H]1O. The maximum absolute atomic E-state index is 11.5. The number of halogens is 2. The molecule has 0 radical (unpaired) electrons. The van der Waals surface area contributed by atoms with Crippen LogP contribution in [0.25, 0.3) is 0 Å². The standard InChI is InChI=1S/C16H18BrClN2O6/c1-7(22)20-12-14(24)13(23)10(5-21)25-15(12)26-16(17)6-19-9-4-2-3-8(18)11(9)16/h2-4,6,10,12-15,21,23-24H,5H2,1H3,(H,20,22)/t10-,12-,13+,14-,15?,16?/m1/s1. The largest absolute Gasteiger partial charge is 0.394 e. The number of hydrogen-bond acceptors (Lipinski definition) is 7. The van der Waals surface area contributed by atoms with E-state index in [0.717, 1.165) is 0 Å². The predicted octanol–water partition coefficient (Wildman–Crippen LogP) is 0.564. The lowest BCUT2D eigenvalue weighted by Gasteiger charge is -2.44. The number of rotatable bonds is 4. The van der Waals surface area contributed by atoms with Crippen LogP contribution in [0.15, 0.2) is 23.2 Å². The Bertz CT molecular complexity index is 735. The zero-order valence-corrected chi connectivity index (χ0v) is 16.0. The molecular weight excluding hydrogens is 432 g/mol. The molecule has 3 rings (SSSR count). The van der Waals surface area contributed by atoms with Crippen molar-refractivity contribution in [2.75, 3.05) is 6.61 Å². The van der Waals surface area contributed by atoms with Gasteiger partial charge < -0.3 is 30.1 Å². The molecule has 0 aliphatic carbocycles. The van der Waals surface area contributed by atoms with Gasteiger partial charge in [0, 0.05) is 12.5 Å². The summed E-state index contributed by atoms with van der Waals surface area (Å²) in [6, 6.07) is 4.11. The van der Waals surface area contributed by atoms with E-state index >= 15 is 0 Å². The fourth-order valence-corrected chi connectivity index (χ4v) is 4.13. The summed E-state index contributed by atoms with van der Waals surface area (Å²) in [5, 5.41) is 32.7. The minimum atomic E-state index is -1.41. The molecule has 1 fully saturated rings. The minimum absolute atomic E-state index is 0.406. The lowest BCUT2D eigenvalue weighted by Crippen LogP contribution is -2.65. The summed E-state index contributed by atoms with van der Waals surface area (Å²) in [4.78, 5) is 15.8. The van der Waals surface area contributed by atoms with Gasteiger partial charge in [0.1, 0.15) is 24.4 Å². The molecule has 142 valence electrons. The van der Waals surface area contributed by atoms with Crippen LogP contribution in [0.4, 0.5) is 5.69 Å². The summed E-state index contributed by atoms with van der Waals surface area (Å²) in [5.41, 5.74) is 1.15. The molecule has 0 aromatic heterocycles. The molecule has 0 bridgehead atoms. The van der Waals surface area contributed by atoms with Crippen LogP contribution in [-0.4, -0.2) is 64.7 Å². The summed E-state index contributed by atoms with van der Waals surface area (Å²) in [6.07, 6.45) is -3.60. The molecule has 0 spiro atoms. The molecule has 1 amide bonds. The van der Waals surface area contributed by atoms with Gasteiger partial charge in [-0.25, -0.2) is 0 Å². The zero-order valence-electron chi connectivity index (χ0n) is 13.7. The van der Waals surface area contributed by atoms with Gasteiger partial charge in [-0.15, -0.1) is 0 Å². The van der Waals surface area contributed by atoms with Crippen molar-refractivity contribution in [2.45, 2.75) is 42.1 Å². The van der Waals surface area contributed by atoms with Gasteiger partial charge in [0.2, 0.25) is 5.91 Å². The Balaban J connectivity index is 1.91. The van der Waals surface area contributed by atoms with Crippen LogP contribution in [0, 0.1) is 0 Å². The highest BCUT2D eigenvalue weighted by Crippen LogP contribution is 2.47. The Hall–Kier alpha value is -1.07. The highest BCUT2D eigenvalue weighted by molar-refractivity contribution is 9.10. The average molecular weight is 450 g/mol. The number of carbonyl (C=O) groups is 1. The molecule has 2 aliphatic rings. The summed E-state index contributed by atoms with van der Waals surface area (Å²) in [7, 11) is 0.